The highest BCUT2D eigenvalue weighted by Gasteiger charge is 2.14. The van der Waals surface area contributed by atoms with Crippen LogP contribution in [0.5, 0.6) is 0 Å². The molecule has 2 amide bonds. The third kappa shape index (κ3) is 6.45. The van der Waals surface area contributed by atoms with Crippen LogP contribution in [0, 0.1) is 0 Å². The molecule has 1 unspecified atom stereocenters. The number of anilines is 2. The molecule has 2 heterocycles. The Labute approximate surface area is 196 Å². The second-order valence-corrected chi connectivity index (χ2v) is 8.50. The van der Waals surface area contributed by atoms with E-state index in [0.717, 1.165) is 46.9 Å². The quantitative estimate of drug-likeness (QED) is 0.447. The van der Waals surface area contributed by atoms with Crippen LogP contribution >= 0.6 is 11.3 Å². The number of nitrogens with two attached hydrogens (primary N) is 1. The summed E-state index contributed by atoms with van der Waals surface area (Å²) in [6.45, 7) is 6.23. The lowest BCUT2D eigenvalue weighted by Crippen LogP contribution is -2.32. The number of nitrogens with zero attached hydrogens (tertiary/aromatic N) is 3. The monoisotopic (exact) mass is 464 g/mol. The van der Waals surface area contributed by atoms with Gasteiger partial charge in [-0.05, 0) is 37.5 Å². The number of carbonyl (C=O) groups excluding carboxylic acids is 2. The van der Waals surface area contributed by atoms with Crippen molar-refractivity contribution < 1.29 is 9.59 Å². The van der Waals surface area contributed by atoms with Gasteiger partial charge in [-0.1, -0.05) is 44.6 Å². The lowest BCUT2D eigenvalue weighted by molar-refractivity contribution is 0.0997. The van der Waals surface area contributed by atoms with E-state index >= 15 is 0 Å². The maximum absolute atomic E-state index is 12.5. The van der Waals surface area contributed by atoms with Crippen LogP contribution in [0.1, 0.15) is 71.1 Å². The van der Waals surface area contributed by atoms with Crippen molar-refractivity contribution in [3.05, 3.63) is 62.8 Å². The SMILES string of the molecule is CC/C=c1/ncc(NC(C)c2cccc(NC(=O)c3cnc(C(N)=O)s3)c2)n/c1=C\CCC. The number of thiazole rings is 1. The highest BCUT2D eigenvalue weighted by Crippen LogP contribution is 2.21. The highest BCUT2D eigenvalue weighted by atomic mass is 32.1. The molecule has 0 fully saturated rings. The van der Waals surface area contributed by atoms with Gasteiger partial charge in [-0.15, -0.1) is 11.3 Å². The Balaban J connectivity index is 1.75. The molecular formula is C24H28N6O2S. The molecule has 0 saturated heterocycles. The van der Waals surface area contributed by atoms with Crippen molar-refractivity contribution in [2.75, 3.05) is 10.6 Å². The Kier molecular flexibility index (Phi) is 8.26. The van der Waals surface area contributed by atoms with E-state index in [-0.39, 0.29) is 17.0 Å². The molecular weight excluding hydrogens is 436 g/mol. The zero-order valence-electron chi connectivity index (χ0n) is 19.0. The summed E-state index contributed by atoms with van der Waals surface area (Å²) in [6.07, 6.45) is 10.2. The summed E-state index contributed by atoms with van der Waals surface area (Å²) in [4.78, 5) is 37.2. The molecule has 3 aromatic rings. The predicted octanol–water partition coefficient (Wildman–Crippen LogP) is 3.23. The van der Waals surface area contributed by atoms with E-state index < -0.39 is 5.91 Å². The maximum atomic E-state index is 12.5. The molecule has 0 bridgehead atoms. The van der Waals surface area contributed by atoms with Crippen LogP contribution in [0.15, 0.2) is 36.7 Å². The van der Waals surface area contributed by atoms with Crippen LogP contribution in [0.25, 0.3) is 12.2 Å². The topological polar surface area (TPSA) is 123 Å². The Bertz CT molecular complexity index is 1250. The number of rotatable bonds is 9. The van der Waals surface area contributed by atoms with Crippen LogP contribution < -0.4 is 27.1 Å². The smallest absolute Gasteiger partial charge is 0.277 e. The third-order valence-corrected chi connectivity index (χ3v) is 5.81. The van der Waals surface area contributed by atoms with Crippen LogP contribution in [0.4, 0.5) is 11.5 Å². The first-order chi connectivity index (χ1) is 15.9. The number of unbranched alkanes of at least 4 members (excludes halogenated alkanes) is 1. The summed E-state index contributed by atoms with van der Waals surface area (Å²) in [6, 6.07) is 7.47. The molecule has 0 spiro atoms. The van der Waals surface area contributed by atoms with E-state index in [0.29, 0.717) is 16.4 Å². The zero-order chi connectivity index (χ0) is 23.8. The van der Waals surface area contributed by atoms with E-state index in [1.807, 2.05) is 25.1 Å². The molecule has 3 rings (SSSR count). The average Bonchev–Trinajstić information content (AvgIpc) is 3.30. The van der Waals surface area contributed by atoms with Gasteiger partial charge in [0.25, 0.3) is 11.8 Å². The van der Waals surface area contributed by atoms with Crippen molar-refractivity contribution in [1.29, 1.82) is 0 Å². The van der Waals surface area contributed by atoms with Crippen LogP contribution in [-0.4, -0.2) is 26.8 Å². The fourth-order valence-electron chi connectivity index (χ4n) is 3.14. The molecule has 0 aliphatic carbocycles. The minimum Gasteiger partial charge on any atom is -0.364 e. The Morgan fingerprint density at radius 2 is 1.97 bits per heavy atom. The summed E-state index contributed by atoms with van der Waals surface area (Å²) in [5, 5.41) is 8.12. The highest BCUT2D eigenvalue weighted by molar-refractivity contribution is 7.15. The number of amides is 2. The minimum atomic E-state index is -0.653. The molecule has 1 aromatic carbocycles. The van der Waals surface area contributed by atoms with E-state index in [1.54, 1.807) is 12.3 Å². The van der Waals surface area contributed by atoms with Gasteiger partial charge < -0.3 is 16.4 Å². The fraction of sp³-hybridized carbons (Fsp3) is 0.292. The average molecular weight is 465 g/mol. The number of aromatic nitrogens is 3. The van der Waals surface area contributed by atoms with E-state index in [9.17, 15) is 9.59 Å². The van der Waals surface area contributed by atoms with Crippen molar-refractivity contribution in [1.82, 2.24) is 15.0 Å². The van der Waals surface area contributed by atoms with Gasteiger partial charge in [0.15, 0.2) is 5.01 Å². The zero-order valence-corrected chi connectivity index (χ0v) is 19.8. The fourth-order valence-corrected chi connectivity index (χ4v) is 3.80. The first-order valence-electron chi connectivity index (χ1n) is 10.9. The summed E-state index contributed by atoms with van der Waals surface area (Å²) in [5.41, 5.74) is 6.82. The molecule has 0 radical (unpaired) electrons. The van der Waals surface area contributed by atoms with Crippen molar-refractivity contribution in [3.8, 4) is 0 Å². The number of nitrogens with one attached hydrogen (secondary N) is 2. The van der Waals surface area contributed by atoms with E-state index in [4.69, 9.17) is 10.7 Å². The maximum Gasteiger partial charge on any atom is 0.277 e. The molecule has 0 aliphatic rings. The number of hydrogen-bond donors (Lipinski definition) is 3. The molecule has 9 heteroatoms. The molecule has 172 valence electrons. The van der Waals surface area contributed by atoms with Gasteiger partial charge in [0.1, 0.15) is 10.7 Å². The van der Waals surface area contributed by atoms with E-state index in [2.05, 4.69) is 46.6 Å². The third-order valence-electron chi connectivity index (χ3n) is 4.80. The van der Waals surface area contributed by atoms with E-state index in [1.165, 1.54) is 6.20 Å². The van der Waals surface area contributed by atoms with Crippen LogP contribution in [0.3, 0.4) is 0 Å². The van der Waals surface area contributed by atoms with Gasteiger partial charge in [0, 0.05) is 5.69 Å². The number of carbonyl (C=O) groups is 2. The minimum absolute atomic E-state index is 0.0685. The van der Waals surface area contributed by atoms with Crippen molar-refractivity contribution in [2.45, 2.75) is 46.1 Å². The largest absolute Gasteiger partial charge is 0.364 e. The van der Waals surface area contributed by atoms with Gasteiger partial charge in [-0.3, -0.25) is 14.6 Å². The Hall–Kier alpha value is -3.59. The number of hydrogen-bond acceptors (Lipinski definition) is 7. The van der Waals surface area contributed by atoms with Crippen molar-refractivity contribution >= 4 is 46.8 Å². The molecule has 2 aromatic heterocycles. The summed E-state index contributed by atoms with van der Waals surface area (Å²) >= 11 is 0.961. The molecule has 0 saturated carbocycles. The summed E-state index contributed by atoms with van der Waals surface area (Å²) in [7, 11) is 0. The Morgan fingerprint density at radius 3 is 2.67 bits per heavy atom. The Morgan fingerprint density at radius 1 is 1.15 bits per heavy atom. The van der Waals surface area contributed by atoms with Gasteiger partial charge in [0.2, 0.25) is 0 Å². The van der Waals surface area contributed by atoms with Gasteiger partial charge in [-0.25, -0.2) is 9.97 Å². The number of benzene rings is 1. The van der Waals surface area contributed by atoms with Gasteiger partial charge >= 0.3 is 0 Å². The predicted molar refractivity (Wildman–Crippen MR) is 132 cm³/mol. The molecule has 4 N–H and O–H groups in total. The van der Waals surface area contributed by atoms with Gasteiger partial charge in [0.05, 0.1) is 29.1 Å². The second-order valence-electron chi connectivity index (χ2n) is 7.47. The van der Waals surface area contributed by atoms with Crippen molar-refractivity contribution in [2.24, 2.45) is 5.73 Å². The molecule has 33 heavy (non-hydrogen) atoms. The summed E-state index contributed by atoms with van der Waals surface area (Å²) < 4.78 is 0. The van der Waals surface area contributed by atoms with Crippen LogP contribution in [-0.2, 0) is 0 Å². The summed E-state index contributed by atoms with van der Waals surface area (Å²) in [5.74, 6) is -0.307. The second kappa shape index (κ2) is 11.3. The standard InChI is InChI=1S/C24H28N6O2S/c1-4-6-11-19-18(8-5-2)26-14-21(30-19)28-15(3)16-9-7-10-17(12-16)29-23(32)20-13-27-24(33-20)22(25)31/h7-15H,4-6H2,1-3H3,(H2,25,31)(H,28,30)(H,29,32)/b18-8+,19-11-. The molecule has 1 atom stereocenters. The first kappa shape index (κ1) is 24.1. The lowest BCUT2D eigenvalue weighted by Gasteiger charge is -2.16. The van der Waals surface area contributed by atoms with Gasteiger partial charge in [-0.2, -0.15) is 0 Å². The first-order valence-corrected chi connectivity index (χ1v) is 11.7. The number of primary amides is 1. The molecule has 8 nitrogen and oxygen atoms in total. The normalized spacial score (nSPS) is 13.1. The van der Waals surface area contributed by atoms with Crippen molar-refractivity contribution in [3.63, 3.8) is 0 Å². The lowest BCUT2D eigenvalue weighted by atomic mass is 10.1. The molecule has 0 aliphatic heterocycles. The van der Waals surface area contributed by atoms with Crippen LogP contribution in [0.2, 0.25) is 0 Å².